The number of sulfonamides is 1. The highest BCUT2D eigenvalue weighted by atomic mass is 32.2. The maximum absolute atomic E-state index is 12.4. The number of aliphatic hydroxyl groups excluding tert-OH is 2. The zero-order valence-corrected chi connectivity index (χ0v) is 11.8. The molecular weight excluding hydrogens is 278 g/mol. The fourth-order valence-electron chi connectivity index (χ4n) is 2.14. The molecule has 5 nitrogen and oxygen atoms in total. The maximum atomic E-state index is 12.4. The van der Waals surface area contributed by atoms with Crippen LogP contribution in [-0.4, -0.2) is 48.7 Å². The maximum Gasteiger partial charge on any atom is 0.243 e. The monoisotopic (exact) mass is 295 g/mol. The van der Waals surface area contributed by atoms with Gasteiger partial charge in [-0.1, -0.05) is 11.8 Å². The van der Waals surface area contributed by atoms with Gasteiger partial charge in [0, 0.05) is 18.7 Å². The van der Waals surface area contributed by atoms with Crippen LogP contribution in [0.25, 0.3) is 0 Å². The lowest BCUT2D eigenvalue weighted by Gasteiger charge is -2.29. The molecule has 20 heavy (non-hydrogen) atoms. The first-order valence-electron chi connectivity index (χ1n) is 6.42. The minimum atomic E-state index is -3.56. The third-order valence-electron chi connectivity index (χ3n) is 3.16. The van der Waals surface area contributed by atoms with Crippen LogP contribution >= 0.6 is 0 Å². The molecule has 1 unspecified atom stereocenters. The lowest BCUT2D eigenvalue weighted by atomic mass is 10.1. The molecule has 0 spiro atoms. The number of piperidine rings is 1. The van der Waals surface area contributed by atoms with Crippen LogP contribution in [0.1, 0.15) is 18.4 Å². The van der Waals surface area contributed by atoms with Crippen LogP contribution in [0.5, 0.6) is 0 Å². The summed E-state index contributed by atoms with van der Waals surface area (Å²) in [6.45, 7) is 0.353. The van der Waals surface area contributed by atoms with Crippen molar-refractivity contribution in [1.82, 2.24) is 4.31 Å². The summed E-state index contributed by atoms with van der Waals surface area (Å²) >= 11 is 0. The second-order valence-corrected chi connectivity index (χ2v) is 6.58. The van der Waals surface area contributed by atoms with Crippen LogP contribution < -0.4 is 0 Å². The van der Waals surface area contributed by atoms with Gasteiger partial charge in [-0.25, -0.2) is 8.42 Å². The molecule has 6 heteroatoms. The third-order valence-corrected chi connectivity index (χ3v) is 5.04. The van der Waals surface area contributed by atoms with Crippen LogP contribution in [0.2, 0.25) is 0 Å². The van der Waals surface area contributed by atoms with E-state index in [0.29, 0.717) is 24.9 Å². The summed E-state index contributed by atoms with van der Waals surface area (Å²) in [4.78, 5) is 0.196. The SMILES string of the molecule is O=S(=O)(c1ccc(C#CCO)cc1)N1CCCC(O)C1. The second kappa shape index (κ2) is 6.37. The fourth-order valence-corrected chi connectivity index (χ4v) is 3.66. The molecule has 0 radical (unpaired) electrons. The molecule has 1 atom stereocenters. The zero-order valence-electron chi connectivity index (χ0n) is 11.0. The van der Waals surface area contributed by atoms with Gasteiger partial charge in [0.2, 0.25) is 10.0 Å². The predicted molar refractivity (Wildman–Crippen MR) is 74.4 cm³/mol. The van der Waals surface area contributed by atoms with E-state index in [1.54, 1.807) is 12.1 Å². The van der Waals surface area contributed by atoms with Crippen molar-refractivity contribution >= 4 is 10.0 Å². The lowest BCUT2D eigenvalue weighted by molar-refractivity contribution is 0.108. The van der Waals surface area contributed by atoms with Crippen molar-refractivity contribution < 1.29 is 18.6 Å². The molecule has 1 aliphatic heterocycles. The van der Waals surface area contributed by atoms with Crippen molar-refractivity contribution in [3.63, 3.8) is 0 Å². The summed E-state index contributed by atoms with van der Waals surface area (Å²) in [6.07, 6.45) is 0.718. The van der Waals surface area contributed by atoms with Crippen molar-refractivity contribution in [3.05, 3.63) is 29.8 Å². The summed E-state index contributed by atoms with van der Waals surface area (Å²) in [5.74, 6) is 5.22. The van der Waals surface area contributed by atoms with E-state index in [9.17, 15) is 13.5 Å². The molecule has 2 N–H and O–H groups in total. The van der Waals surface area contributed by atoms with Crippen LogP contribution in [0.4, 0.5) is 0 Å². The quantitative estimate of drug-likeness (QED) is 0.763. The van der Waals surface area contributed by atoms with Gasteiger partial charge < -0.3 is 10.2 Å². The summed E-state index contributed by atoms with van der Waals surface area (Å²) in [7, 11) is -3.56. The van der Waals surface area contributed by atoms with Gasteiger partial charge in [0.1, 0.15) is 6.61 Å². The molecule has 0 bridgehead atoms. The summed E-state index contributed by atoms with van der Waals surface area (Å²) in [6, 6.07) is 6.21. The summed E-state index contributed by atoms with van der Waals surface area (Å²) in [5.41, 5.74) is 0.650. The molecule has 0 saturated carbocycles. The molecule has 0 aromatic heterocycles. The van der Waals surface area contributed by atoms with Gasteiger partial charge in [0.15, 0.2) is 0 Å². The molecule has 1 aromatic carbocycles. The molecular formula is C14H17NO4S. The Labute approximate surface area is 118 Å². The standard InChI is InChI=1S/C14H17NO4S/c16-10-2-3-12-5-7-14(8-6-12)20(18,19)15-9-1-4-13(17)11-15/h5-8,13,16-17H,1,4,9-11H2. The molecule has 0 aliphatic carbocycles. The van der Waals surface area contributed by atoms with Gasteiger partial charge in [0.05, 0.1) is 11.0 Å². The molecule has 0 amide bonds. The van der Waals surface area contributed by atoms with Gasteiger partial charge in [-0.2, -0.15) is 4.31 Å². The highest BCUT2D eigenvalue weighted by Gasteiger charge is 2.29. The highest BCUT2D eigenvalue weighted by molar-refractivity contribution is 7.89. The summed E-state index contributed by atoms with van der Waals surface area (Å²) in [5, 5.41) is 18.2. The van der Waals surface area contributed by atoms with Gasteiger partial charge in [-0.3, -0.25) is 0 Å². The van der Waals surface area contributed by atoms with Crippen molar-refractivity contribution in [2.75, 3.05) is 19.7 Å². The van der Waals surface area contributed by atoms with Gasteiger partial charge >= 0.3 is 0 Å². The number of rotatable bonds is 2. The van der Waals surface area contributed by atoms with E-state index >= 15 is 0 Å². The van der Waals surface area contributed by atoms with Crippen molar-refractivity contribution in [3.8, 4) is 11.8 Å². The second-order valence-electron chi connectivity index (χ2n) is 4.64. The predicted octanol–water partition coefficient (Wildman–Crippen LogP) is 0.176. The Morgan fingerprint density at radius 2 is 2.00 bits per heavy atom. The van der Waals surface area contributed by atoms with Gasteiger partial charge in [-0.05, 0) is 37.1 Å². The van der Waals surface area contributed by atoms with E-state index < -0.39 is 16.1 Å². The van der Waals surface area contributed by atoms with E-state index in [1.165, 1.54) is 16.4 Å². The third kappa shape index (κ3) is 3.38. The fraction of sp³-hybridized carbons (Fsp3) is 0.429. The van der Waals surface area contributed by atoms with Crippen LogP contribution in [0.3, 0.4) is 0 Å². The van der Waals surface area contributed by atoms with Gasteiger partial charge in [-0.15, -0.1) is 0 Å². The number of hydrogen-bond acceptors (Lipinski definition) is 4. The van der Waals surface area contributed by atoms with Crippen molar-refractivity contribution in [1.29, 1.82) is 0 Å². The molecule has 108 valence electrons. The van der Waals surface area contributed by atoms with Gasteiger partial charge in [0.25, 0.3) is 0 Å². The largest absolute Gasteiger partial charge is 0.392 e. The number of aliphatic hydroxyl groups is 2. The molecule has 1 aromatic rings. The Hall–Kier alpha value is -1.39. The first kappa shape index (κ1) is 15.0. The van der Waals surface area contributed by atoms with Crippen molar-refractivity contribution in [2.45, 2.75) is 23.8 Å². The van der Waals surface area contributed by atoms with Crippen LogP contribution in [0, 0.1) is 11.8 Å². The van der Waals surface area contributed by atoms with Crippen LogP contribution in [-0.2, 0) is 10.0 Å². The minimum Gasteiger partial charge on any atom is -0.392 e. The Morgan fingerprint density at radius 3 is 2.60 bits per heavy atom. The van der Waals surface area contributed by atoms with Crippen molar-refractivity contribution in [2.24, 2.45) is 0 Å². The average molecular weight is 295 g/mol. The minimum absolute atomic E-state index is 0.147. The van der Waals surface area contributed by atoms with E-state index in [-0.39, 0.29) is 18.0 Å². The number of hydrogen-bond donors (Lipinski definition) is 2. The Kier molecular flexibility index (Phi) is 4.78. The molecule has 1 aliphatic rings. The lowest BCUT2D eigenvalue weighted by Crippen LogP contribution is -2.42. The topological polar surface area (TPSA) is 77.8 Å². The van der Waals surface area contributed by atoms with Crippen LogP contribution in [0.15, 0.2) is 29.2 Å². The Bertz CT molecular complexity index is 613. The number of nitrogens with zero attached hydrogens (tertiary/aromatic N) is 1. The smallest absolute Gasteiger partial charge is 0.243 e. The Morgan fingerprint density at radius 1 is 1.30 bits per heavy atom. The Balaban J connectivity index is 2.21. The van der Waals surface area contributed by atoms with E-state index in [1.807, 2.05) is 0 Å². The average Bonchev–Trinajstić information content (AvgIpc) is 2.45. The highest BCUT2D eigenvalue weighted by Crippen LogP contribution is 2.20. The zero-order chi connectivity index (χ0) is 14.6. The number of benzene rings is 1. The first-order valence-corrected chi connectivity index (χ1v) is 7.86. The summed E-state index contributed by atoms with van der Waals surface area (Å²) < 4.78 is 26.1. The van der Waals surface area contributed by atoms with E-state index in [4.69, 9.17) is 5.11 Å². The first-order chi connectivity index (χ1) is 9.54. The van der Waals surface area contributed by atoms with E-state index in [0.717, 1.165) is 0 Å². The molecule has 1 saturated heterocycles. The number of β-amino-alcohol motifs (C(OH)–C–C–N with tert-alkyl or cyclic N) is 1. The normalized spacial score (nSPS) is 20.2. The molecule has 1 fully saturated rings. The molecule has 2 rings (SSSR count). The molecule has 1 heterocycles. The van der Waals surface area contributed by atoms with E-state index in [2.05, 4.69) is 11.8 Å².